The first-order valence-corrected chi connectivity index (χ1v) is 6.97. The lowest BCUT2D eigenvalue weighted by molar-refractivity contribution is -0.287. The first-order valence-electron chi connectivity index (χ1n) is 6.97. The first-order chi connectivity index (χ1) is 10.9. The molecule has 1 fully saturated rings. The molecule has 1 aliphatic heterocycles. The SMILES string of the molecule is NC(=O)[C@H]1O[C@@H](OC/C=C/c2ccccc2O)[C@H](O)[C@@H](O)[C@@H]1O. The van der Waals surface area contributed by atoms with E-state index in [4.69, 9.17) is 15.2 Å². The average Bonchev–Trinajstić information content (AvgIpc) is 2.52. The zero-order valence-electron chi connectivity index (χ0n) is 12.1. The second-order valence-corrected chi connectivity index (χ2v) is 5.09. The minimum atomic E-state index is -1.63. The van der Waals surface area contributed by atoms with Gasteiger partial charge in [0.2, 0.25) is 5.91 Å². The van der Waals surface area contributed by atoms with E-state index >= 15 is 0 Å². The van der Waals surface area contributed by atoms with Crippen LogP contribution in [0.5, 0.6) is 5.75 Å². The highest BCUT2D eigenvalue weighted by Gasteiger charge is 2.46. The number of primary amides is 1. The lowest BCUT2D eigenvalue weighted by Crippen LogP contribution is -2.61. The fraction of sp³-hybridized carbons (Fsp3) is 0.400. The van der Waals surface area contributed by atoms with Crippen molar-refractivity contribution < 1.29 is 34.7 Å². The second kappa shape index (κ2) is 7.53. The van der Waals surface area contributed by atoms with Gasteiger partial charge in [0.1, 0.15) is 24.1 Å². The third kappa shape index (κ3) is 4.06. The Morgan fingerprint density at radius 1 is 1.22 bits per heavy atom. The number of rotatable bonds is 5. The van der Waals surface area contributed by atoms with Gasteiger partial charge in [0.15, 0.2) is 12.4 Å². The summed E-state index contributed by atoms with van der Waals surface area (Å²) in [4.78, 5) is 11.2. The van der Waals surface area contributed by atoms with Crippen LogP contribution in [0.3, 0.4) is 0 Å². The fourth-order valence-corrected chi connectivity index (χ4v) is 2.17. The summed E-state index contributed by atoms with van der Waals surface area (Å²) < 4.78 is 10.3. The van der Waals surface area contributed by atoms with Gasteiger partial charge >= 0.3 is 0 Å². The number of hydrogen-bond donors (Lipinski definition) is 5. The van der Waals surface area contributed by atoms with Crippen LogP contribution in [0, 0.1) is 0 Å². The zero-order valence-corrected chi connectivity index (χ0v) is 12.1. The quantitative estimate of drug-likeness (QED) is 0.453. The molecule has 23 heavy (non-hydrogen) atoms. The highest BCUT2D eigenvalue weighted by atomic mass is 16.7. The van der Waals surface area contributed by atoms with Gasteiger partial charge in [-0.15, -0.1) is 0 Å². The van der Waals surface area contributed by atoms with Gasteiger partial charge in [-0.3, -0.25) is 4.79 Å². The molecule has 0 saturated carbocycles. The summed E-state index contributed by atoms with van der Waals surface area (Å²) in [5.41, 5.74) is 5.64. The van der Waals surface area contributed by atoms with Crippen LogP contribution >= 0.6 is 0 Å². The van der Waals surface area contributed by atoms with Crippen LogP contribution in [0.1, 0.15) is 5.56 Å². The predicted molar refractivity (Wildman–Crippen MR) is 79.0 cm³/mol. The summed E-state index contributed by atoms with van der Waals surface area (Å²) in [6.45, 7) is -0.0235. The molecule has 1 amide bonds. The van der Waals surface area contributed by atoms with E-state index < -0.39 is 36.6 Å². The molecule has 0 unspecified atom stereocenters. The minimum absolute atomic E-state index is 0.0235. The Morgan fingerprint density at radius 3 is 2.57 bits per heavy atom. The molecule has 0 bridgehead atoms. The van der Waals surface area contributed by atoms with E-state index in [0.29, 0.717) is 5.56 Å². The van der Waals surface area contributed by atoms with Gasteiger partial charge in [-0.25, -0.2) is 0 Å². The largest absolute Gasteiger partial charge is 0.507 e. The number of phenolic OH excluding ortho intramolecular Hbond substituents is 1. The molecule has 8 heteroatoms. The van der Waals surface area contributed by atoms with E-state index in [2.05, 4.69) is 0 Å². The Balaban J connectivity index is 1.94. The molecule has 0 aliphatic carbocycles. The van der Waals surface area contributed by atoms with Crippen LogP contribution in [-0.4, -0.2) is 63.6 Å². The highest BCUT2D eigenvalue weighted by molar-refractivity contribution is 5.79. The molecule has 1 aliphatic rings. The molecule has 0 aromatic heterocycles. The average molecular weight is 325 g/mol. The van der Waals surface area contributed by atoms with E-state index in [0.717, 1.165) is 0 Å². The third-order valence-electron chi connectivity index (χ3n) is 3.44. The summed E-state index contributed by atoms with van der Waals surface area (Å²) in [6, 6.07) is 6.67. The number of nitrogens with two attached hydrogens (primary N) is 1. The van der Waals surface area contributed by atoms with Crippen molar-refractivity contribution in [3.8, 4) is 5.75 Å². The number of ether oxygens (including phenoxy) is 2. The van der Waals surface area contributed by atoms with Crippen molar-refractivity contribution in [2.75, 3.05) is 6.61 Å². The smallest absolute Gasteiger partial charge is 0.249 e. The monoisotopic (exact) mass is 325 g/mol. The minimum Gasteiger partial charge on any atom is -0.507 e. The van der Waals surface area contributed by atoms with Crippen LogP contribution in [0.2, 0.25) is 0 Å². The Kier molecular flexibility index (Phi) is 5.69. The molecule has 1 heterocycles. The molecule has 2 rings (SSSR count). The molecular weight excluding hydrogens is 306 g/mol. The summed E-state index contributed by atoms with van der Waals surface area (Å²) in [5, 5.41) is 38.7. The molecule has 0 spiro atoms. The van der Waals surface area contributed by atoms with Crippen LogP contribution in [0.15, 0.2) is 30.3 Å². The molecule has 1 aromatic rings. The molecule has 5 atom stereocenters. The third-order valence-corrected chi connectivity index (χ3v) is 3.44. The summed E-state index contributed by atoms with van der Waals surface area (Å²) in [6.07, 6.45) is -4.41. The van der Waals surface area contributed by atoms with Gasteiger partial charge in [-0.1, -0.05) is 30.4 Å². The van der Waals surface area contributed by atoms with Crippen molar-refractivity contribution in [2.24, 2.45) is 5.73 Å². The number of hydrogen-bond acceptors (Lipinski definition) is 7. The van der Waals surface area contributed by atoms with Crippen LogP contribution in [-0.2, 0) is 14.3 Å². The van der Waals surface area contributed by atoms with Crippen LogP contribution < -0.4 is 5.73 Å². The van der Waals surface area contributed by atoms with Gasteiger partial charge in [-0.2, -0.15) is 0 Å². The van der Waals surface area contributed by atoms with Gasteiger partial charge in [0.05, 0.1) is 6.61 Å². The Bertz CT molecular complexity index is 577. The van der Waals surface area contributed by atoms with Gasteiger partial charge < -0.3 is 35.6 Å². The Labute approximate surface area is 132 Å². The normalized spacial score (nSPS) is 31.3. The number of amides is 1. The number of benzene rings is 1. The molecule has 6 N–H and O–H groups in total. The number of aliphatic hydroxyl groups excluding tert-OH is 3. The molecule has 0 radical (unpaired) electrons. The van der Waals surface area contributed by atoms with E-state index in [-0.39, 0.29) is 12.4 Å². The van der Waals surface area contributed by atoms with E-state index in [1.165, 1.54) is 6.07 Å². The van der Waals surface area contributed by atoms with Crippen molar-refractivity contribution in [3.63, 3.8) is 0 Å². The predicted octanol–water partition coefficient (Wildman–Crippen LogP) is -1.29. The highest BCUT2D eigenvalue weighted by Crippen LogP contribution is 2.22. The van der Waals surface area contributed by atoms with Crippen LogP contribution in [0.4, 0.5) is 0 Å². The molecule has 1 saturated heterocycles. The van der Waals surface area contributed by atoms with Crippen molar-refractivity contribution in [1.82, 2.24) is 0 Å². The van der Waals surface area contributed by atoms with E-state index in [1.54, 1.807) is 30.4 Å². The maximum atomic E-state index is 11.2. The lowest BCUT2D eigenvalue weighted by Gasteiger charge is -2.38. The van der Waals surface area contributed by atoms with E-state index in [1.807, 2.05) is 0 Å². The van der Waals surface area contributed by atoms with Crippen molar-refractivity contribution >= 4 is 12.0 Å². The number of carbonyl (C=O) groups excluding carboxylic acids is 1. The number of aromatic hydroxyl groups is 1. The van der Waals surface area contributed by atoms with Gasteiger partial charge in [-0.05, 0) is 6.07 Å². The summed E-state index contributed by atoms with van der Waals surface area (Å²) >= 11 is 0. The first kappa shape index (κ1) is 17.4. The fourth-order valence-electron chi connectivity index (χ4n) is 2.17. The standard InChI is InChI=1S/C15H19NO7/c16-14(21)13-11(19)10(18)12(20)15(23-13)22-7-3-5-8-4-1-2-6-9(8)17/h1-6,10-13,15,17-20H,7H2,(H2,16,21)/b5-3+/t10-,11-,12+,13-,15+/m0/s1. The maximum Gasteiger partial charge on any atom is 0.249 e. The molecule has 8 nitrogen and oxygen atoms in total. The van der Waals surface area contributed by atoms with Crippen LogP contribution in [0.25, 0.3) is 6.08 Å². The maximum absolute atomic E-state index is 11.2. The van der Waals surface area contributed by atoms with Crippen molar-refractivity contribution in [1.29, 1.82) is 0 Å². The number of aliphatic hydroxyl groups is 3. The van der Waals surface area contributed by atoms with Gasteiger partial charge in [0.25, 0.3) is 0 Å². The van der Waals surface area contributed by atoms with Gasteiger partial charge in [0, 0.05) is 5.56 Å². The molecule has 1 aromatic carbocycles. The Morgan fingerprint density at radius 2 is 1.91 bits per heavy atom. The number of phenols is 1. The topological polar surface area (TPSA) is 142 Å². The molecule has 126 valence electrons. The zero-order chi connectivity index (χ0) is 17.0. The van der Waals surface area contributed by atoms with Crippen molar-refractivity contribution in [3.05, 3.63) is 35.9 Å². The Hall–Kier alpha value is -1.97. The number of para-hydroxylation sites is 1. The number of carbonyl (C=O) groups is 1. The van der Waals surface area contributed by atoms with Crippen molar-refractivity contribution in [2.45, 2.75) is 30.7 Å². The van der Waals surface area contributed by atoms with E-state index in [9.17, 15) is 25.2 Å². The molecular formula is C15H19NO7. The second-order valence-electron chi connectivity index (χ2n) is 5.09. The summed E-state index contributed by atoms with van der Waals surface area (Å²) in [5.74, 6) is -0.869. The lowest BCUT2D eigenvalue weighted by atomic mass is 9.98. The summed E-state index contributed by atoms with van der Waals surface area (Å²) in [7, 11) is 0.